The predicted molar refractivity (Wildman–Crippen MR) is 126 cm³/mol. The van der Waals surface area contributed by atoms with Gasteiger partial charge in [0, 0.05) is 30.4 Å². The van der Waals surface area contributed by atoms with Gasteiger partial charge < -0.3 is 19.9 Å². The third-order valence-corrected chi connectivity index (χ3v) is 4.54. The van der Waals surface area contributed by atoms with Crippen LogP contribution in [0, 0.1) is 5.92 Å². The van der Waals surface area contributed by atoms with Crippen molar-refractivity contribution in [3.63, 3.8) is 0 Å². The summed E-state index contributed by atoms with van der Waals surface area (Å²) < 4.78 is 16.9. The van der Waals surface area contributed by atoms with Crippen LogP contribution in [0.25, 0.3) is 11.3 Å². The smallest absolute Gasteiger partial charge is 0.415 e. The molecule has 2 rings (SSSR count). The van der Waals surface area contributed by atoms with Crippen LogP contribution in [0.15, 0.2) is 30.6 Å². The molecule has 1 amide bonds. The molecular formula is C24H36N4O4. The van der Waals surface area contributed by atoms with Gasteiger partial charge in [0.15, 0.2) is 11.5 Å². The molecule has 0 saturated heterocycles. The molecule has 0 saturated carbocycles. The second-order valence-electron chi connectivity index (χ2n) is 9.70. The summed E-state index contributed by atoms with van der Waals surface area (Å²) in [7, 11) is 3.20. The Morgan fingerprint density at radius 3 is 2.44 bits per heavy atom. The van der Waals surface area contributed by atoms with Crippen molar-refractivity contribution in [2.24, 2.45) is 11.7 Å². The molecule has 2 aromatic rings. The van der Waals surface area contributed by atoms with E-state index in [1.807, 2.05) is 33.8 Å². The molecule has 2 heterocycles. The van der Waals surface area contributed by atoms with Crippen LogP contribution in [-0.2, 0) is 4.74 Å². The fourth-order valence-electron chi connectivity index (χ4n) is 3.27. The summed E-state index contributed by atoms with van der Waals surface area (Å²) >= 11 is 0. The van der Waals surface area contributed by atoms with Gasteiger partial charge in [-0.2, -0.15) is 0 Å². The molecule has 0 unspecified atom stereocenters. The fourth-order valence-corrected chi connectivity index (χ4v) is 3.27. The molecule has 176 valence electrons. The highest BCUT2D eigenvalue weighted by atomic mass is 16.6. The van der Waals surface area contributed by atoms with Crippen molar-refractivity contribution in [1.29, 1.82) is 0 Å². The Labute approximate surface area is 191 Å². The first kappa shape index (κ1) is 25.4. The lowest BCUT2D eigenvalue weighted by Gasteiger charge is -2.27. The first-order valence-corrected chi connectivity index (χ1v) is 10.7. The van der Waals surface area contributed by atoms with Crippen molar-refractivity contribution < 1.29 is 19.0 Å². The van der Waals surface area contributed by atoms with Crippen LogP contribution in [-0.4, -0.2) is 48.0 Å². The van der Waals surface area contributed by atoms with Crippen LogP contribution < -0.4 is 20.1 Å². The lowest BCUT2D eigenvalue weighted by atomic mass is 9.93. The van der Waals surface area contributed by atoms with Crippen molar-refractivity contribution in [3.05, 3.63) is 30.6 Å². The number of anilines is 1. The maximum absolute atomic E-state index is 12.4. The molecule has 0 fully saturated rings. The van der Waals surface area contributed by atoms with Gasteiger partial charge in [-0.25, -0.2) is 9.78 Å². The quantitative estimate of drug-likeness (QED) is 0.632. The Morgan fingerprint density at radius 1 is 1.16 bits per heavy atom. The second-order valence-corrected chi connectivity index (χ2v) is 9.70. The van der Waals surface area contributed by atoms with E-state index < -0.39 is 17.2 Å². The summed E-state index contributed by atoms with van der Waals surface area (Å²) in [4.78, 5) is 22.5. The molecule has 32 heavy (non-hydrogen) atoms. The van der Waals surface area contributed by atoms with E-state index in [0.717, 1.165) is 12.0 Å². The van der Waals surface area contributed by atoms with Crippen molar-refractivity contribution in [2.45, 2.75) is 59.1 Å². The highest BCUT2D eigenvalue weighted by Crippen LogP contribution is 2.32. The molecular weight excluding hydrogens is 408 g/mol. The number of aromatic nitrogens is 2. The van der Waals surface area contributed by atoms with E-state index in [1.165, 1.54) is 4.90 Å². The molecule has 1 atom stereocenters. The first-order valence-electron chi connectivity index (χ1n) is 10.7. The number of carbonyl (C=O) groups excluding carboxylic acids is 1. The number of rotatable bonds is 8. The molecule has 8 nitrogen and oxygen atoms in total. The maximum Gasteiger partial charge on any atom is 0.415 e. The van der Waals surface area contributed by atoms with Crippen LogP contribution >= 0.6 is 0 Å². The van der Waals surface area contributed by atoms with Gasteiger partial charge >= 0.3 is 6.09 Å². The number of carbonyl (C=O) groups is 1. The van der Waals surface area contributed by atoms with Gasteiger partial charge in [-0.05, 0) is 52.2 Å². The van der Waals surface area contributed by atoms with Crippen molar-refractivity contribution >= 4 is 11.9 Å². The Kier molecular flexibility index (Phi) is 8.07. The molecule has 2 N–H and O–H groups in total. The van der Waals surface area contributed by atoms with E-state index in [4.69, 9.17) is 19.9 Å². The highest BCUT2D eigenvalue weighted by Gasteiger charge is 2.23. The Bertz CT molecular complexity index is 922. The third-order valence-electron chi connectivity index (χ3n) is 4.54. The van der Waals surface area contributed by atoms with Crippen LogP contribution in [0.2, 0.25) is 0 Å². The zero-order chi connectivity index (χ0) is 24.1. The number of pyridine rings is 2. The number of hydrogen-bond acceptors (Lipinski definition) is 7. The number of nitrogens with zero attached hydrogens (tertiary/aromatic N) is 3. The monoisotopic (exact) mass is 444 g/mol. The van der Waals surface area contributed by atoms with Crippen LogP contribution in [0.3, 0.4) is 0 Å². The summed E-state index contributed by atoms with van der Waals surface area (Å²) in [5.74, 6) is 1.99. The molecule has 0 aliphatic rings. The van der Waals surface area contributed by atoms with Gasteiger partial charge in [0.25, 0.3) is 0 Å². The van der Waals surface area contributed by atoms with Gasteiger partial charge in [-0.15, -0.1) is 0 Å². The average molecular weight is 445 g/mol. The molecule has 2 aromatic heterocycles. The van der Waals surface area contributed by atoms with Crippen LogP contribution in [0.4, 0.5) is 10.6 Å². The van der Waals surface area contributed by atoms with Gasteiger partial charge in [0.2, 0.25) is 0 Å². The Morgan fingerprint density at radius 2 is 1.84 bits per heavy atom. The van der Waals surface area contributed by atoms with Crippen molar-refractivity contribution in [3.8, 4) is 22.8 Å². The van der Waals surface area contributed by atoms with E-state index in [2.05, 4.69) is 23.8 Å². The molecule has 0 spiro atoms. The summed E-state index contributed by atoms with van der Waals surface area (Å²) in [6, 6.07) is 5.37. The van der Waals surface area contributed by atoms with E-state index in [0.29, 0.717) is 35.5 Å². The van der Waals surface area contributed by atoms with Gasteiger partial charge in [0.1, 0.15) is 18.0 Å². The standard InChI is InChI=1S/C24H36N4O4/c1-16(2)13-24(6,25)15-31-20-14-27-18(12-19(20)30-8)17-9-10-26-21(11-17)28(7)22(29)32-23(3,4)5/h9-12,14,16H,13,15,25H2,1-8H3/t24-/m0/s1. The molecule has 0 aromatic carbocycles. The number of ether oxygens (including phenoxy) is 3. The highest BCUT2D eigenvalue weighted by molar-refractivity contribution is 5.86. The van der Waals surface area contributed by atoms with Crippen LogP contribution in [0.5, 0.6) is 11.5 Å². The minimum absolute atomic E-state index is 0.350. The summed E-state index contributed by atoms with van der Waals surface area (Å²) in [5.41, 5.74) is 6.74. The molecule has 0 aliphatic carbocycles. The topological polar surface area (TPSA) is 99.8 Å². The summed E-state index contributed by atoms with van der Waals surface area (Å²) in [6.07, 6.45) is 3.60. The van der Waals surface area contributed by atoms with Crippen molar-refractivity contribution in [2.75, 3.05) is 25.7 Å². The molecule has 0 aliphatic heterocycles. The zero-order valence-corrected chi connectivity index (χ0v) is 20.4. The number of amides is 1. The summed E-state index contributed by atoms with van der Waals surface area (Å²) in [6.45, 7) is 12.0. The van der Waals surface area contributed by atoms with Gasteiger partial charge in [-0.1, -0.05) is 13.8 Å². The molecule has 0 radical (unpaired) electrons. The summed E-state index contributed by atoms with van der Waals surface area (Å²) in [5, 5.41) is 0. The van der Waals surface area contributed by atoms with Crippen molar-refractivity contribution in [1.82, 2.24) is 9.97 Å². The lowest BCUT2D eigenvalue weighted by molar-refractivity contribution is 0.0588. The largest absolute Gasteiger partial charge is 0.493 e. The minimum Gasteiger partial charge on any atom is -0.493 e. The Hall–Kier alpha value is -2.87. The molecule has 0 bridgehead atoms. The van der Waals surface area contributed by atoms with E-state index in [-0.39, 0.29) is 0 Å². The normalized spacial score (nSPS) is 13.4. The number of methoxy groups -OCH3 is 1. The third kappa shape index (κ3) is 7.37. The number of nitrogens with two attached hydrogens (primary N) is 1. The fraction of sp³-hybridized carbons (Fsp3) is 0.542. The maximum atomic E-state index is 12.4. The minimum atomic E-state index is -0.595. The first-order chi connectivity index (χ1) is 14.8. The average Bonchev–Trinajstić information content (AvgIpc) is 2.69. The van der Waals surface area contributed by atoms with Gasteiger partial charge in [-0.3, -0.25) is 9.88 Å². The van der Waals surface area contributed by atoms with Gasteiger partial charge in [0.05, 0.1) is 19.0 Å². The van der Waals surface area contributed by atoms with E-state index in [1.54, 1.807) is 38.7 Å². The molecule has 8 heteroatoms. The van der Waals surface area contributed by atoms with E-state index >= 15 is 0 Å². The SMILES string of the molecule is COc1cc(-c2ccnc(N(C)C(=O)OC(C)(C)C)c2)ncc1OC[C@@](C)(N)CC(C)C. The second kappa shape index (κ2) is 10.2. The lowest BCUT2D eigenvalue weighted by Crippen LogP contribution is -2.43. The predicted octanol–water partition coefficient (Wildman–Crippen LogP) is 4.67. The number of hydrogen-bond donors (Lipinski definition) is 1. The Balaban J connectivity index is 2.22. The van der Waals surface area contributed by atoms with Crippen LogP contribution in [0.1, 0.15) is 48.0 Å². The van der Waals surface area contributed by atoms with E-state index in [9.17, 15) is 4.79 Å². The zero-order valence-electron chi connectivity index (χ0n) is 20.4.